The van der Waals surface area contributed by atoms with Crippen molar-refractivity contribution in [1.29, 1.82) is 0 Å². The fourth-order valence-corrected chi connectivity index (χ4v) is 1.70. The van der Waals surface area contributed by atoms with Crippen LogP contribution < -0.4 is 4.74 Å². The van der Waals surface area contributed by atoms with E-state index in [0.29, 0.717) is 11.3 Å². The van der Waals surface area contributed by atoms with Crippen LogP contribution in [0.2, 0.25) is 0 Å². The summed E-state index contributed by atoms with van der Waals surface area (Å²) in [7, 11) is 1.52. The van der Waals surface area contributed by atoms with Crippen LogP contribution >= 0.6 is 15.9 Å². The number of halogens is 1. The summed E-state index contributed by atoms with van der Waals surface area (Å²) in [5.74, 6) is -0.360. The summed E-state index contributed by atoms with van der Waals surface area (Å²) in [5.41, 5.74) is 0.455. The van der Waals surface area contributed by atoms with Gasteiger partial charge in [0.2, 0.25) is 5.89 Å². The van der Waals surface area contributed by atoms with Gasteiger partial charge in [0, 0.05) is 4.47 Å². The molecule has 1 aromatic carbocycles. The van der Waals surface area contributed by atoms with Crippen molar-refractivity contribution in [3.8, 4) is 17.2 Å². The summed E-state index contributed by atoms with van der Waals surface area (Å²) >= 11 is 3.32. The first-order valence-corrected chi connectivity index (χ1v) is 5.44. The zero-order valence-corrected chi connectivity index (χ0v) is 10.4. The molecule has 0 saturated carbocycles. The molecule has 0 fully saturated rings. The maximum Gasteiger partial charge on any atom is 0.357 e. The second-order valence-corrected chi connectivity index (χ2v) is 4.10. The molecular weight excluding hydrogens is 290 g/mol. The molecule has 0 atom stereocenters. The van der Waals surface area contributed by atoms with Crippen molar-refractivity contribution < 1.29 is 19.1 Å². The van der Waals surface area contributed by atoms with Crippen molar-refractivity contribution in [2.45, 2.75) is 0 Å². The highest BCUT2D eigenvalue weighted by molar-refractivity contribution is 9.10. The molecule has 1 heterocycles. The van der Waals surface area contributed by atoms with Crippen molar-refractivity contribution in [2.75, 3.05) is 7.11 Å². The number of carbonyl (C=O) groups is 1. The van der Waals surface area contributed by atoms with Crippen molar-refractivity contribution in [2.24, 2.45) is 0 Å². The Bertz CT molecular complexity index is 564. The molecule has 2 rings (SSSR count). The zero-order chi connectivity index (χ0) is 12.4. The van der Waals surface area contributed by atoms with E-state index in [0.717, 1.165) is 10.7 Å². The molecule has 88 valence electrons. The third kappa shape index (κ3) is 2.31. The molecule has 0 unspecified atom stereocenters. The average molecular weight is 298 g/mol. The Labute approximate surface area is 105 Å². The summed E-state index contributed by atoms with van der Waals surface area (Å²) in [4.78, 5) is 14.6. The summed E-state index contributed by atoms with van der Waals surface area (Å²) in [6.07, 6.45) is 1.10. The molecule has 5 nitrogen and oxygen atoms in total. The number of carboxylic acids is 1. The molecule has 0 spiro atoms. The highest BCUT2D eigenvalue weighted by atomic mass is 79.9. The molecule has 17 heavy (non-hydrogen) atoms. The van der Waals surface area contributed by atoms with Gasteiger partial charge in [-0.1, -0.05) is 15.9 Å². The number of nitrogens with zero attached hydrogens (tertiary/aromatic N) is 1. The van der Waals surface area contributed by atoms with Gasteiger partial charge in [0.05, 0.1) is 12.7 Å². The van der Waals surface area contributed by atoms with E-state index in [2.05, 4.69) is 20.9 Å². The van der Waals surface area contributed by atoms with Gasteiger partial charge in [0.1, 0.15) is 12.0 Å². The fraction of sp³-hybridized carbons (Fsp3) is 0.0909. The number of carboxylic acid groups (broad SMARTS) is 1. The standard InChI is InChI=1S/C11H8BrNO4/c1-16-9-3-2-6(12)4-7(9)10-13-8(5-17-10)11(14)15/h2-5H,1H3,(H,14,15). The number of hydrogen-bond donors (Lipinski definition) is 1. The smallest absolute Gasteiger partial charge is 0.357 e. The molecule has 0 aliphatic rings. The maximum absolute atomic E-state index is 10.7. The van der Waals surface area contributed by atoms with Crippen molar-refractivity contribution in [3.63, 3.8) is 0 Å². The van der Waals surface area contributed by atoms with Gasteiger partial charge >= 0.3 is 5.97 Å². The lowest BCUT2D eigenvalue weighted by Gasteiger charge is -2.05. The number of hydrogen-bond acceptors (Lipinski definition) is 4. The molecule has 1 N–H and O–H groups in total. The van der Waals surface area contributed by atoms with Gasteiger partial charge in [0.25, 0.3) is 0 Å². The lowest BCUT2D eigenvalue weighted by Crippen LogP contribution is -1.96. The van der Waals surface area contributed by atoms with Gasteiger partial charge in [-0.25, -0.2) is 9.78 Å². The fourth-order valence-electron chi connectivity index (χ4n) is 1.34. The summed E-state index contributed by atoms with van der Waals surface area (Å²) in [6.45, 7) is 0. The summed E-state index contributed by atoms with van der Waals surface area (Å²) in [6, 6.07) is 5.30. The van der Waals surface area contributed by atoms with E-state index in [1.807, 2.05) is 6.07 Å². The van der Waals surface area contributed by atoms with Gasteiger partial charge in [0.15, 0.2) is 5.69 Å². The number of ether oxygens (including phenoxy) is 1. The Balaban J connectivity index is 2.51. The number of aromatic nitrogens is 1. The Morgan fingerprint density at radius 1 is 1.53 bits per heavy atom. The third-order valence-corrected chi connectivity index (χ3v) is 2.61. The molecule has 1 aromatic heterocycles. The predicted molar refractivity (Wildman–Crippen MR) is 63.2 cm³/mol. The number of methoxy groups -OCH3 is 1. The first-order chi connectivity index (χ1) is 8.11. The van der Waals surface area contributed by atoms with Crippen LogP contribution in [0.25, 0.3) is 11.5 Å². The lowest BCUT2D eigenvalue weighted by molar-refractivity contribution is 0.0690. The van der Waals surface area contributed by atoms with Gasteiger partial charge in [-0.05, 0) is 18.2 Å². The van der Waals surface area contributed by atoms with E-state index in [1.165, 1.54) is 7.11 Å². The number of aromatic carboxylic acids is 1. The second kappa shape index (κ2) is 4.58. The Kier molecular flexibility index (Phi) is 3.14. The molecule has 0 aliphatic carbocycles. The first-order valence-electron chi connectivity index (χ1n) is 4.64. The third-order valence-electron chi connectivity index (χ3n) is 2.12. The Morgan fingerprint density at radius 3 is 2.88 bits per heavy atom. The van der Waals surface area contributed by atoms with Crippen LogP contribution in [0.1, 0.15) is 10.5 Å². The molecule has 0 aliphatic heterocycles. The molecular formula is C11H8BrNO4. The van der Waals surface area contributed by atoms with Gasteiger partial charge in [-0.3, -0.25) is 0 Å². The number of rotatable bonds is 3. The van der Waals surface area contributed by atoms with Crippen LogP contribution in [0.4, 0.5) is 0 Å². The average Bonchev–Trinajstić information content (AvgIpc) is 2.78. The van der Waals surface area contributed by atoms with E-state index in [1.54, 1.807) is 12.1 Å². The highest BCUT2D eigenvalue weighted by Gasteiger charge is 2.15. The summed E-state index contributed by atoms with van der Waals surface area (Å²) in [5, 5.41) is 8.76. The van der Waals surface area contributed by atoms with Crippen molar-refractivity contribution >= 4 is 21.9 Å². The molecule has 0 amide bonds. The van der Waals surface area contributed by atoms with Crippen LogP contribution in [0.15, 0.2) is 33.4 Å². The second-order valence-electron chi connectivity index (χ2n) is 3.19. The maximum atomic E-state index is 10.7. The largest absolute Gasteiger partial charge is 0.496 e. The highest BCUT2D eigenvalue weighted by Crippen LogP contribution is 2.31. The zero-order valence-electron chi connectivity index (χ0n) is 8.81. The van der Waals surface area contributed by atoms with Crippen LogP contribution in [-0.4, -0.2) is 23.2 Å². The Morgan fingerprint density at radius 2 is 2.29 bits per heavy atom. The van der Waals surface area contributed by atoms with E-state index in [9.17, 15) is 4.79 Å². The minimum atomic E-state index is -1.13. The first kappa shape index (κ1) is 11.7. The Hall–Kier alpha value is -1.82. The van der Waals surface area contributed by atoms with E-state index in [-0.39, 0.29) is 11.6 Å². The minimum Gasteiger partial charge on any atom is -0.496 e. The SMILES string of the molecule is COc1ccc(Br)cc1-c1nc(C(=O)O)co1. The lowest BCUT2D eigenvalue weighted by atomic mass is 10.2. The van der Waals surface area contributed by atoms with Gasteiger partial charge in [-0.2, -0.15) is 0 Å². The van der Waals surface area contributed by atoms with Gasteiger partial charge < -0.3 is 14.3 Å². The van der Waals surface area contributed by atoms with E-state index in [4.69, 9.17) is 14.3 Å². The quantitative estimate of drug-likeness (QED) is 0.943. The molecule has 6 heteroatoms. The van der Waals surface area contributed by atoms with Crippen molar-refractivity contribution in [3.05, 3.63) is 34.6 Å². The summed E-state index contributed by atoms with van der Waals surface area (Å²) < 4.78 is 11.1. The molecule has 0 radical (unpaired) electrons. The monoisotopic (exact) mass is 297 g/mol. The van der Waals surface area contributed by atoms with Gasteiger partial charge in [-0.15, -0.1) is 0 Å². The van der Waals surface area contributed by atoms with E-state index >= 15 is 0 Å². The van der Waals surface area contributed by atoms with Crippen LogP contribution in [0.3, 0.4) is 0 Å². The minimum absolute atomic E-state index is 0.137. The van der Waals surface area contributed by atoms with Crippen LogP contribution in [-0.2, 0) is 0 Å². The van der Waals surface area contributed by atoms with Crippen LogP contribution in [0, 0.1) is 0 Å². The normalized spacial score (nSPS) is 10.2. The van der Waals surface area contributed by atoms with Crippen LogP contribution in [0.5, 0.6) is 5.75 Å². The number of benzene rings is 1. The number of oxazole rings is 1. The molecule has 0 saturated heterocycles. The van der Waals surface area contributed by atoms with Crippen molar-refractivity contribution in [1.82, 2.24) is 4.98 Å². The molecule has 2 aromatic rings. The van der Waals surface area contributed by atoms with E-state index < -0.39 is 5.97 Å². The molecule has 0 bridgehead atoms. The topological polar surface area (TPSA) is 72.6 Å². The predicted octanol–water partition coefficient (Wildman–Crippen LogP) is 2.81.